The van der Waals surface area contributed by atoms with Crippen molar-refractivity contribution in [3.8, 4) is 11.8 Å². The number of nitriles is 1. The van der Waals surface area contributed by atoms with Crippen molar-refractivity contribution in [3.63, 3.8) is 0 Å². The predicted octanol–water partition coefficient (Wildman–Crippen LogP) is 3.21. The van der Waals surface area contributed by atoms with Crippen molar-refractivity contribution >= 4 is 16.9 Å². The summed E-state index contributed by atoms with van der Waals surface area (Å²) in [6, 6.07) is 14.2. The Bertz CT molecular complexity index is 1230. The lowest BCUT2D eigenvalue weighted by molar-refractivity contribution is -0.122. The molecule has 1 amide bonds. The number of fused-ring (bicyclic) bond motifs is 1. The van der Waals surface area contributed by atoms with Crippen LogP contribution in [0.4, 0.5) is 0 Å². The van der Waals surface area contributed by atoms with Crippen LogP contribution in [-0.4, -0.2) is 19.6 Å². The Morgan fingerprint density at radius 3 is 2.69 bits per heavy atom. The fourth-order valence-corrected chi connectivity index (χ4v) is 3.92. The first kappa shape index (κ1) is 23.0. The second-order valence-corrected chi connectivity index (χ2v) is 7.85. The van der Waals surface area contributed by atoms with Crippen LogP contribution in [0, 0.1) is 17.2 Å². The number of rotatable bonds is 9. The number of nitrogens with two attached hydrogens (primary N) is 2. The highest BCUT2D eigenvalue weighted by Crippen LogP contribution is 2.34. The molecule has 0 radical (unpaired) electrons. The average molecular weight is 434 g/mol. The number of hydrogen-bond donors (Lipinski definition) is 2. The van der Waals surface area contributed by atoms with Gasteiger partial charge in [0.15, 0.2) is 5.43 Å². The molecule has 2 atom stereocenters. The maximum Gasteiger partial charge on any atom is 0.220 e. The molecule has 0 aliphatic rings. The molecule has 3 rings (SSSR count). The van der Waals surface area contributed by atoms with Crippen LogP contribution in [0.2, 0.25) is 0 Å². The fraction of sp³-hybridized carbons (Fsp3) is 0.320. The number of carbonyl (C=O) groups is 1. The van der Waals surface area contributed by atoms with Crippen molar-refractivity contribution in [1.82, 2.24) is 0 Å². The van der Waals surface area contributed by atoms with E-state index in [1.807, 2.05) is 6.07 Å². The lowest BCUT2D eigenvalue weighted by Crippen LogP contribution is -2.29. The van der Waals surface area contributed by atoms with Crippen molar-refractivity contribution in [1.29, 1.82) is 5.26 Å². The van der Waals surface area contributed by atoms with E-state index in [0.29, 0.717) is 53.0 Å². The van der Waals surface area contributed by atoms with Gasteiger partial charge in [0, 0.05) is 29.9 Å². The van der Waals surface area contributed by atoms with E-state index in [-0.39, 0.29) is 11.8 Å². The van der Waals surface area contributed by atoms with Crippen LogP contribution >= 0.6 is 0 Å². The van der Waals surface area contributed by atoms with Crippen molar-refractivity contribution in [3.05, 3.63) is 75.1 Å². The second kappa shape index (κ2) is 10.1. The molecule has 7 nitrogen and oxygen atoms in total. The number of primary amides is 1. The van der Waals surface area contributed by atoms with E-state index in [9.17, 15) is 14.9 Å². The highest BCUT2D eigenvalue weighted by Gasteiger charge is 2.30. The summed E-state index contributed by atoms with van der Waals surface area (Å²) in [5.74, 6) is -0.455. The van der Waals surface area contributed by atoms with Crippen LogP contribution < -0.4 is 21.6 Å². The fourth-order valence-electron chi connectivity index (χ4n) is 3.92. The topological polar surface area (TPSA) is 132 Å². The standard InChI is InChI=1S/C25H27N3O4/c1-15(25(28)30)19(7-4-10-26)24-21(12-16-5-3-6-17(11-16)14-27)23(29)20-9-8-18(31-2)13-22(20)32-24/h3,5-6,8-9,11,13,15,19H,4,7,10,12,26H2,1-2H3,(H2,28,30). The minimum Gasteiger partial charge on any atom is -0.497 e. The smallest absolute Gasteiger partial charge is 0.220 e. The van der Waals surface area contributed by atoms with E-state index in [0.717, 1.165) is 5.56 Å². The third-order valence-electron chi connectivity index (χ3n) is 5.77. The molecular weight excluding hydrogens is 406 g/mol. The van der Waals surface area contributed by atoms with Crippen LogP contribution in [0.15, 0.2) is 51.7 Å². The molecule has 0 aliphatic carbocycles. The minimum absolute atomic E-state index is 0.180. The van der Waals surface area contributed by atoms with Gasteiger partial charge in [-0.15, -0.1) is 0 Å². The van der Waals surface area contributed by atoms with Crippen LogP contribution in [0.1, 0.15) is 48.1 Å². The first-order valence-corrected chi connectivity index (χ1v) is 10.5. The molecule has 0 saturated carbocycles. The number of methoxy groups -OCH3 is 1. The van der Waals surface area contributed by atoms with Crippen LogP contribution in [-0.2, 0) is 11.2 Å². The van der Waals surface area contributed by atoms with E-state index < -0.39 is 17.7 Å². The Kier molecular flexibility index (Phi) is 7.29. The molecule has 0 aliphatic heterocycles. The highest BCUT2D eigenvalue weighted by atomic mass is 16.5. The maximum absolute atomic E-state index is 13.6. The first-order chi connectivity index (χ1) is 15.4. The average Bonchev–Trinajstić information content (AvgIpc) is 2.81. The molecule has 2 aromatic carbocycles. The molecule has 0 fully saturated rings. The summed E-state index contributed by atoms with van der Waals surface area (Å²) in [4.78, 5) is 25.7. The Balaban J connectivity index is 2.26. The SMILES string of the molecule is COc1ccc2c(=O)c(Cc3cccc(C#N)c3)c(C(CCCN)C(C)C(N)=O)oc2c1. The van der Waals surface area contributed by atoms with Gasteiger partial charge in [-0.2, -0.15) is 5.26 Å². The molecular formula is C25H27N3O4. The largest absolute Gasteiger partial charge is 0.497 e. The second-order valence-electron chi connectivity index (χ2n) is 7.85. The summed E-state index contributed by atoms with van der Waals surface area (Å²) in [6.45, 7) is 2.17. The Labute approximate surface area is 186 Å². The molecule has 32 heavy (non-hydrogen) atoms. The third kappa shape index (κ3) is 4.82. The zero-order valence-corrected chi connectivity index (χ0v) is 18.3. The zero-order valence-electron chi connectivity index (χ0n) is 18.3. The van der Waals surface area contributed by atoms with Gasteiger partial charge in [-0.1, -0.05) is 19.1 Å². The molecule has 7 heteroatoms. The zero-order chi connectivity index (χ0) is 23.3. The van der Waals surface area contributed by atoms with Gasteiger partial charge in [0.2, 0.25) is 5.91 Å². The summed E-state index contributed by atoms with van der Waals surface area (Å²) >= 11 is 0. The molecule has 1 aromatic heterocycles. The van der Waals surface area contributed by atoms with Crippen molar-refractivity contribution in [2.24, 2.45) is 17.4 Å². The van der Waals surface area contributed by atoms with Gasteiger partial charge < -0.3 is 20.6 Å². The summed E-state index contributed by atoms with van der Waals surface area (Å²) in [5, 5.41) is 9.66. The van der Waals surface area contributed by atoms with E-state index in [4.69, 9.17) is 20.6 Å². The van der Waals surface area contributed by atoms with Crippen LogP contribution in [0.3, 0.4) is 0 Å². The van der Waals surface area contributed by atoms with Gasteiger partial charge in [0.1, 0.15) is 17.1 Å². The van der Waals surface area contributed by atoms with E-state index in [2.05, 4.69) is 6.07 Å². The molecule has 0 saturated heterocycles. The molecule has 0 spiro atoms. The van der Waals surface area contributed by atoms with Gasteiger partial charge >= 0.3 is 0 Å². The Morgan fingerprint density at radius 2 is 2.03 bits per heavy atom. The molecule has 0 bridgehead atoms. The molecule has 3 aromatic rings. The van der Waals surface area contributed by atoms with Gasteiger partial charge in [0.05, 0.1) is 24.1 Å². The summed E-state index contributed by atoms with van der Waals surface area (Å²) in [5.41, 5.74) is 13.3. The number of nitrogens with zero attached hydrogens (tertiary/aromatic N) is 1. The van der Waals surface area contributed by atoms with Crippen molar-refractivity contribution < 1.29 is 13.9 Å². The molecule has 4 N–H and O–H groups in total. The van der Waals surface area contributed by atoms with Gasteiger partial charge in [-0.3, -0.25) is 9.59 Å². The lowest BCUT2D eigenvalue weighted by atomic mass is 9.83. The summed E-state index contributed by atoms with van der Waals surface area (Å²) in [6.07, 6.45) is 1.45. The Morgan fingerprint density at radius 1 is 1.25 bits per heavy atom. The summed E-state index contributed by atoms with van der Waals surface area (Å²) < 4.78 is 11.6. The first-order valence-electron chi connectivity index (χ1n) is 10.5. The molecule has 1 heterocycles. The van der Waals surface area contributed by atoms with E-state index >= 15 is 0 Å². The minimum atomic E-state index is -0.558. The highest BCUT2D eigenvalue weighted by molar-refractivity contribution is 5.80. The number of hydrogen-bond acceptors (Lipinski definition) is 6. The molecule has 2 unspecified atom stereocenters. The third-order valence-corrected chi connectivity index (χ3v) is 5.77. The van der Waals surface area contributed by atoms with Gasteiger partial charge in [0.25, 0.3) is 0 Å². The van der Waals surface area contributed by atoms with Gasteiger partial charge in [-0.05, 0) is 49.2 Å². The van der Waals surface area contributed by atoms with Crippen molar-refractivity contribution in [2.45, 2.75) is 32.1 Å². The van der Waals surface area contributed by atoms with Gasteiger partial charge in [-0.25, -0.2) is 0 Å². The Hall–Kier alpha value is -3.63. The number of benzene rings is 2. The maximum atomic E-state index is 13.6. The van der Waals surface area contributed by atoms with Crippen LogP contribution in [0.25, 0.3) is 11.0 Å². The quantitative estimate of drug-likeness (QED) is 0.532. The number of ether oxygens (including phenoxy) is 1. The molecule has 166 valence electrons. The lowest BCUT2D eigenvalue weighted by Gasteiger charge is -2.23. The predicted molar refractivity (Wildman–Crippen MR) is 122 cm³/mol. The monoisotopic (exact) mass is 433 g/mol. The van der Waals surface area contributed by atoms with E-state index in [1.165, 1.54) is 7.11 Å². The van der Waals surface area contributed by atoms with Crippen LogP contribution in [0.5, 0.6) is 5.75 Å². The van der Waals surface area contributed by atoms with E-state index in [1.54, 1.807) is 43.3 Å². The van der Waals surface area contributed by atoms with Crippen molar-refractivity contribution in [2.75, 3.05) is 13.7 Å². The number of carbonyl (C=O) groups excluding carboxylic acids is 1. The summed E-state index contributed by atoms with van der Waals surface area (Å²) in [7, 11) is 1.54. The normalized spacial score (nSPS) is 12.8. The number of amides is 1.